The third kappa shape index (κ3) is 3.78. The summed E-state index contributed by atoms with van der Waals surface area (Å²) in [6.45, 7) is 10.2. The molecule has 0 fully saturated rings. The van der Waals surface area contributed by atoms with Crippen LogP contribution in [0.1, 0.15) is 30.5 Å². The van der Waals surface area contributed by atoms with Crippen molar-refractivity contribution in [1.82, 2.24) is 0 Å². The summed E-state index contributed by atoms with van der Waals surface area (Å²) in [6.07, 6.45) is 0. The summed E-state index contributed by atoms with van der Waals surface area (Å²) >= 11 is 4.34. The van der Waals surface area contributed by atoms with E-state index in [0.29, 0.717) is 0 Å². The van der Waals surface area contributed by atoms with E-state index in [2.05, 4.69) is 56.5 Å². The summed E-state index contributed by atoms with van der Waals surface area (Å²) in [7, 11) is 0. The maximum atomic E-state index is 4.34. The average molecular weight is 256 g/mol. The van der Waals surface area contributed by atoms with Gasteiger partial charge in [0.1, 0.15) is 0 Å². The van der Waals surface area contributed by atoms with Crippen LogP contribution in [0.5, 0.6) is 0 Å². The summed E-state index contributed by atoms with van der Waals surface area (Å²) in [5.74, 6) is 0. The van der Waals surface area contributed by atoms with E-state index in [9.17, 15) is 0 Å². The topological polar surface area (TPSA) is 0 Å². The van der Waals surface area contributed by atoms with Crippen molar-refractivity contribution in [2.24, 2.45) is 0 Å². The second-order valence-electron chi connectivity index (χ2n) is 3.89. The molecular formula is C17H20S. The Morgan fingerprint density at radius 3 is 2.11 bits per heavy atom. The van der Waals surface area contributed by atoms with Crippen molar-refractivity contribution < 1.29 is 0 Å². The Hall–Kier alpha value is -1.47. The van der Waals surface area contributed by atoms with Crippen molar-refractivity contribution in [3.63, 3.8) is 0 Å². The summed E-state index contributed by atoms with van der Waals surface area (Å²) in [4.78, 5) is 0.964. The summed E-state index contributed by atoms with van der Waals surface area (Å²) in [6, 6.07) is 16.5. The normalized spacial score (nSPS) is 9.33. The molecule has 0 unspecified atom stereocenters. The molecule has 94 valence electrons. The molecule has 0 saturated heterocycles. The zero-order valence-electron chi connectivity index (χ0n) is 11.3. The molecule has 0 aliphatic rings. The van der Waals surface area contributed by atoms with Crippen LogP contribution >= 0.6 is 12.6 Å². The molecule has 0 aromatic heterocycles. The van der Waals surface area contributed by atoms with Gasteiger partial charge in [-0.15, -0.1) is 12.6 Å². The van der Waals surface area contributed by atoms with E-state index in [1.165, 1.54) is 5.56 Å². The van der Waals surface area contributed by atoms with Gasteiger partial charge in [0.15, 0.2) is 0 Å². The lowest BCUT2D eigenvalue weighted by Crippen LogP contribution is -1.86. The van der Waals surface area contributed by atoms with Crippen LogP contribution in [0, 0.1) is 6.92 Å². The van der Waals surface area contributed by atoms with Crippen LogP contribution in [0.2, 0.25) is 0 Å². The minimum absolute atomic E-state index is 0.964. The molecule has 0 radical (unpaired) electrons. The van der Waals surface area contributed by atoms with E-state index >= 15 is 0 Å². The maximum Gasteiger partial charge on any atom is 0.00461 e. The molecule has 2 rings (SSSR count). The predicted octanol–water partition coefficient (Wildman–Crippen LogP) is 5.37. The molecule has 0 spiro atoms. The molecule has 0 atom stereocenters. The molecular weight excluding hydrogens is 236 g/mol. The molecule has 2 aromatic rings. The van der Waals surface area contributed by atoms with Crippen molar-refractivity contribution in [2.75, 3.05) is 0 Å². The highest BCUT2D eigenvalue weighted by molar-refractivity contribution is 7.80. The first kappa shape index (κ1) is 14.6. The van der Waals surface area contributed by atoms with Gasteiger partial charge in [0.05, 0.1) is 0 Å². The molecule has 0 aliphatic carbocycles. The largest absolute Gasteiger partial charge is 0.143 e. The monoisotopic (exact) mass is 256 g/mol. The molecule has 0 heterocycles. The smallest absolute Gasteiger partial charge is 0.00461 e. The SMILES string of the molecule is C=C(c1ccc(C)cc1)c1cccc(S)c1.CC. The van der Waals surface area contributed by atoms with E-state index in [1.807, 2.05) is 32.0 Å². The van der Waals surface area contributed by atoms with Gasteiger partial charge >= 0.3 is 0 Å². The lowest BCUT2D eigenvalue weighted by atomic mass is 9.99. The van der Waals surface area contributed by atoms with Crippen LogP contribution in [-0.4, -0.2) is 0 Å². The van der Waals surface area contributed by atoms with E-state index < -0.39 is 0 Å². The highest BCUT2D eigenvalue weighted by Gasteiger charge is 2.01. The molecule has 0 amide bonds. The fourth-order valence-corrected chi connectivity index (χ4v) is 1.84. The lowest BCUT2D eigenvalue weighted by molar-refractivity contribution is 1.42. The zero-order chi connectivity index (χ0) is 13.5. The Balaban J connectivity index is 0.000000771. The Labute approximate surface area is 116 Å². The van der Waals surface area contributed by atoms with Gasteiger partial charge in [-0.1, -0.05) is 62.4 Å². The number of benzene rings is 2. The Kier molecular flexibility index (Phi) is 5.73. The zero-order valence-corrected chi connectivity index (χ0v) is 12.2. The van der Waals surface area contributed by atoms with Crippen molar-refractivity contribution >= 4 is 18.2 Å². The number of thiol groups is 1. The molecule has 18 heavy (non-hydrogen) atoms. The Morgan fingerprint density at radius 1 is 0.944 bits per heavy atom. The van der Waals surface area contributed by atoms with Gasteiger partial charge in [-0.25, -0.2) is 0 Å². The van der Waals surface area contributed by atoms with Crippen LogP contribution in [0.3, 0.4) is 0 Å². The van der Waals surface area contributed by atoms with Crippen molar-refractivity contribution in [3.8, 4) is 0 Å². The fourth-order valence-electron chi connectivity index (χ4n) is 1.62. The molecule has 1 heteroatoms. The minimum atomic E-state index is 0.964. The van der Waals surface area contributed by atoms with Gasteiger partial charge < -0.3 is 0 Å². The third-order valence-electron chi connectivity index (χ3n) is 2.59. The second kappa shape index (κ2) is 7.07. The number of hydrogen-bond donors (Lipinski definition) is 1. The maximum absolute atomic E-state index is 4.34. The van der Waals surface area contributed by atoms with Gasteiger partial charge in [-0.05, 0) is 35.8 Å². The van der Waals surface area contributed by atoms with Crippen LogP contribution in [0.4, 0.5) is 0 Å². The molecule has 0 aliphatic heterocycles. The third-order valence-corrected chi connectivity index (χ3v) is 2.87. The first-order chi connectivity index (χ1) is 8.66. The van der Waals surface area contributed by atoms with Crippen LogP contribution in [-0.2, 0) is 0 Å². The lowest BCUT2D eigenvalue weighted by Gasteiger charge is -2.07. The number of hydrogen-bond acceptors (Lipinski definition) is 1. The predicted molar refractivity (Wildman–Crippen MR) is 84.4 cm³/mol. The van der Waals surface area contributed by atoms with E-state index in [0.717, 1.165) is 21.6 Å². The molecule has 0 nitrogen and oxygen atoms in total. The average Bonchev–Trinajstić information content (AvgIpc) is 2.41. The second-order valence-corrected chi connectivity index (χ2v) is 4.41. The molecule has 0 N–H and O–H groups in total. The van der Waals surface area contributed by atoms with E-state index in [-0.39, 0.29) is 0 Å². The first-order valence-electron chi connectivity index (χ1n) is 6.22. The first-order valence-corrected chi connectivity index (χ1v) is 6.67. The van der Waals surface area contributed by atoms with Crippen molar-refractivity contribution in [3.05, 3.63) is 71.8 Å². The van der Waals surface area contributed by atoms with Crippen LogP contribution in [0.15, 0.2) is 60.0 Å². The summed E-state index contributed by atoms with van der Waals surface area (Å²) in [5, 5.41) is 0. The number of rotatable bonds is 2. The molecule has 0 saturated carbocycles. The van der Waals surface area contributed by atoms with Gasteiger partial charge in [0.25, 0.3) is 0 Å². The highest BCUT2D eigenvalue weighted by Crippen LogP contribution is 2.23. The van der Waals surface area contributed by atoms with Gasteiger partial charge in [-0.2, -0.15) is 0 Å². The summed E-state index contributed by atoms with van der Waals surface area (Å²) < 4.78 is 0. The van der Waals surface area contributed by atoms with Gasteiger partial charge in [-0.3, -0.25) is 0 Å². The summed E-state index contributed by atoms with van der Waals surface area (Å²) in [5.41, 5.74) is 4.58. The quantitative estimate of drug-likeness (QED) is 0.686. The molecule has 2 aromatic carbocycles. The molecule has 0 bridgehead atoms. The van der Waals surface area contributed by atoms with E-state index in [4.69, 9.17) is 0 Å². The van der Waals surface area contributed by atoms with Crippen molar-refractivity contribution in [2.45, 2.75) is 25.7 Å². The fraction of sp³-hybridized carbons (Fsp3) is 0.176. The Morgan fingerprint density at radius 2 is 1.56 bits per heavy atom. The van der Waals surface area contributed by atoms with Gasteiger partial charge in [0, 0.05) is 4.90 Å². The van der Waals surface area contributed by atoms with Gasteiger partial charge in [0.2, 0.25) is 0 Å². The van der Waals surface area contributed by atoms with Crippen LogP contribution < -0.4 is 0 Å². The van der Waals surface area contributed by atoms with Crippen LogP contribution in [0.25, 0.3) is 5.57 Å². The van der Waals surface area contributed by atoms with E-state index in [1.54, 1.807) is 0 Å². The van der Waals surface area contributed by atoms with Crippen molar-refractivity contribution in [1.29, 1.82) is 0 Å². The standard InChI is InChI=1S/C15H14S.C2H6/c1-11-6-8-13(9-7-11)12(2)14-4-3-5-15(16)10-14;1-2/h3-10,16H,2H2,1H3;1-2H3. The number of aryl methyl sites for hydroxylation is 1. The Bertz CT molecular complexity index is 509. The highest BCUT2D eigenvalue weighted by atomic mass is 32.1. The minimum Gasteiger partial charge on any atom is -0.143 e.